The maximum Gasteiger partial charge on any atom is 0.178 e. The van der Waals surface area contributed by atoms with Gasteiger partial charge in [0.25, 0.3) is 0 Å². The molecule has 0 fully saturated rings. The Bertz CT molecular complexity index is 115. The van der Waals surface area contributed by atoms with Gasteiger partial charge >= 0.3 is 0 Å². The largest absolute Gasteiger partial charge is 0.479 e. The van der Waals surface area contributed by atoms with Crippen molar-refractivity contribution in [3.63, 3.8) is 0 Å². The first-order chi connectivity index (χ1) is 3.39. The van der Waals surface area contributed by atoms with E-state index in [0.717, 1.165) is 5.71 Å². The fourth-order valence-electron chi connectivity index (χ4n) is 0.381. The third kappa shape index (κ3) is 1.03. The van der Waals surface area contributed by atoms with Crippen molar-refractivity contribution in [1.29, 1.82) is 0 Å². The lowest BCUT2D eigenvalue weighted by molar-refractivity contribution is 0.258. The van der Waals surface area contributed by atoms with Gasteiger partial charge in [0, 0.05) is 5.71 Å². The second-order valence-corrected chi connectivity index (χ2v) is 1.40. The van der Waals surface area contributed by atoms with Gasteiger partial charge in [-0.05, 0) is 13.0 Å². The highest BCUT2D eigenvalue weighted by atomic mass is 16.5. The summed E-state index contributed by atoms with van der Waals surface area (Å²) < 4.78 is 4.77. The second-order valence-electron chi connectivity index (χ2n) is 1.40. The van der Waals surface area contributed by atoms with Crippen LogP contribution in [0.25, 0.3) is 0 Å². The molecule has 0 atom stereocenters. The molecule has 0 aromatic heterocycles. The van der Waals surface area contributed by atoms with E-state index in [1.165, 1.54) is 0 Å². The van der Waals surface area contributed by atoms with Crippen molar-refractivity contribution < 1.29 is 4.74 Å². The van der Waals surface area contributed by atoms with Gasteiger partial charge in [-0.15, -0.1) is 0 Å². The molecule has 0 aromatic rings. The van der Waals surface area contributed by atoms with E-state index in [4.69, 9.17) is 4.74 Å². The van der Waals surface area contributed by atoms with Crippen molar-refractivity contribution in [2.75, 3.05) is 6.73 Å². The first-order valence-electron chi connectivity index (χ1n) is 2.19. The minimum atomic E-state index is 0.488. The minimum absolute atomic E-state index is 0.488. The molecular weight excluding hydrogens is 90.1 g/mol. The zero-order valence-electron chi connectivity index (χ0n) is 4.22. The van der Waals surface area contributed by atoms with Crippen LogP contribution in [-0.4, -0.2) is 12.4 Å². The van der Waals surface area contributed by atoms with E-state index in [-0.39, 0.29) is 0 Å². The Balaban J connectivity index is 2.58. The van der Waals surface area contributed by atoms with E-state index in [9.17, 15) is 0 Å². The van der Waals surface area contributed by atoms with Crippen LogP contribution in [0.5, 0.6) is 0 Å². The number of aliphatic imine (C=N–C) groups is 1. The summed E-state index contributed by atoms with van der Waals surface area (Å²) >= 11 is 0. The van der Waals surface area contributed by atoms with Crippen molar-refractivity contribution in [3.05, 3.63) is 12.3 Å². The zero-order valence-corrected chi connectivity index (χ0v) is 4.22. The van der Waals surface area contributed by atoms with Crippen LogP contribution in [0.3, 0.4) is 0 Å². The Hall–Kier alpha value is -0.790. The number of hydrogen-bond acceptors (Lipinski definition) is 2. The molecule has 0 amide bonds. The van der Waals surface area contributed by atoms with Crippen LogP contribution in [-0.2, 0) is 4.74 Å². The number of rotatable bonds is 0. The molecule has 0 spiro atoms. The highest BCUT2D eigenvalue weighted by molar-refractivity contribution is 5.92. The molecule has 1 aliphatic rings. The minimum Gasteiger partial charge on any atom is -0.479 e. The summed E-state index contributed by atoms with van der Waals surface area (Å²) in [7, 11) is 0. The van der Waals surface area contributed by atoms with E-state index in [2.05, 4.69) is 4.99 Å². The Kier molecular flexibility index (Phi) is 1.11. The van der Waals surface area contributed by atoms with Gasteiger partial charge in [-0.25, -0.2) is 0 Å². The van der Waals surface area contributed by atoms with Gasteiger partial charge < -0.3 is 4.74 Å². The standard InChI is InChI=1S/C5H7NO/c1-5-2-3-7-4-6-5/h2-3H,4H2,1H3. The average molecular weight is 97.1 g/mol. The Morgan fingerprint density at radius 2 is 2.71 bits per heavy atom. The van der Waals surface area contributed by atoms with E-state index >= 15 is 0 Å². The highest BCUT2D eigenvalue weighted by Gasteiger charge is 1.86. The molecule has 7 heavy (non-hydrogen) atoms. The molecule has 1 heterocycles. The van der Waals surface area contributed by atoms with Crippen LogP contribution >= 0.6 is 0 Å². The van der Waals surface area contributed by atoms with Crippen molar-refractivity contribution in [2.45, 2.75) is 6.92 Å². The van der Waals surface area contributed by atoms with Gasteiger partial charge in [-0.2, -0.15) is 0 Å². The lowest BCUT2D eigenvalue weighted by Gasteiger charge is -2.00. The average Bonchev–Trinajstić information content (AvgIpc) is 1.69. The SMILES string of the molecule is CC1=NCOC=C1. The van der Waals surface area contributed by atoms with E-state index in [1.807, 2.05) is 13.0 Å². The molecule has 0 unspecified atom stereocenters. The molecule has 1 rings (SSSR count). The Morgan fingerprint density at radius 1 is 1.86 bits per heavy atom. The number of hydrogen-bond donors (Lipinski definition) is 0. The molecule has 0 aromatic carbocycles. The van der Waals surface area contributed by atoms with Gasteiger partial charge in [-0.3, -0.25) is 4.99 Å². The number of allylic oxidation sites excluding steroid dienone is 1. The summed E-state index contributed by atoms with van der Waals surface area (Å²) in [6.07, 6.45) is 3.49. The van der Waals surface area contributed by atoms with Gasteiger partial charge in [0.2, 0.25) is 0 Å². The smallest absolute Gasteiger partial charge is 0.178 e. The lowest BCUT2D eigenvalue weighted by atomic mass is 10.4. The van der Waals surface area contributed by atoms with Gasteiger partial charge in [-0.1, -0.05) is 0 Å². The van der Waals surface area contributed by atoms with Crippen LogP contribution in [0, 0.1) is 0 Å². The number of nitrogens with zero attached hydrogens (tertiary/aromatic N) is 1. The molecule has 0 radical (unpaired) electrons. The monoisotopic (exact) mass is 97.1 g/mol. The quantitative estimate of drug-likeness (QED) is 0.441. The predicted molar refractivity (Wildman–Crippen MR) is 28.2 cm³/mol. The van der Waals surface area contributed by atoms with Gasteiger partial charge in [0.05, 0.1) is 6.26 Å². The molecule has 1 aliphatic heterocycles. The summed E-state index contributed by atoms with van der Waals surface area (Å²) in [5.74, 6) is 0. The summed E-state index contributed by atoms with van der Waals surface area (Å²) in [6.45, 7) is 2.43. The van der Waals surface area contributed by atoms with Crippen molar-refractivity contribution >= 4 is 5.71 Å². The second kappa shape index (κ2) is 1.78. The molecule has 2 nitrogen and oxygen atoms in total. The molecule has 0 saturated carbocycles. The molecular formula is C5H7NO. The maximum absolute atomic E-state index is 4.77. The fraction of sp³-hybridized carbons (Fsp3) is 0.400. The fourth-order valence-corrected chi connectivity index (χ4v) is 0.381. The summed E-state index contributed by atoms with van der Waals surface area (Å²) in [5, 5.41) is 0. The Morgan fingerprint density at radius 3 is 3.00 bits per heavy atom. The molecule has 0 N–H and O–H groups in total. The first-order valence-corrected chi connectivity index (χ1v) is 2.19. The van der Waals surface area contributed by atoms with Crippen molar-refractivity contribution in [1.82, 2.24) is 0 Å². The van der Waals surface area contributed by atoms with Crippen LogP contribution in [0.4, 0.5) is 0 Å². The van der Waals surface area contributed by atoms with E-state index in [1.54, 1.807) is 6.26 Å². The van der Waals surface area contributed by atoms with Crippen LogP contribution in [0.2, 0.25) is 0 Å². The van der Waals surface area contributed by atoms with Crippen LogP contribution in [0.15, 0.2) is 17.3 Å². The summed E-state index contributed by atoms with van der Waals surface area (Å²) in [4.78, 5) is 3.94. The van der Waals surface area contributed by atoms with Gasteiger partial charge in [0.15, 0.2) is 6.73 Å². The molecule has 0 aliphatic carbocycles. The van der Waals surface area contributed by atoms with Crippen molar-refractivity contribution in [2.24, 2.45) is 4.99 Å². The van der Waals surface area contributed by atoms with Crippen LogP contribution < -0.4 is 0 Å². The highest BCUT2D eigenvalue weighted by Crippen LogP contribution is 1.90. The lowest BCUT2D eigenvalue weighted by Crippen LogP contribution is -1.95. The Labute approximate surface area is 42.5 Å². The van der Waals surface area contributed by atoms with E-state index in [0.29, 0.717) is 6.73 Å². The summed E-state index contributed by atoms with van der Waals surface area (Å²) in [6, 6.07) is 0. The third-order valence-corrected chi connectivity index (χ3v) is 0.794. The molecule has 38 valence electrons. The third-order valence-electron chi connectivity index (χ3n) is 0.794. The topological polar surface area (TPSA) is 21.6 Å². The molecule has 2 heteroatoms. The first kappa shape index (κ1) is 4.37. The zero-order chi connectivity index (χ0) is 5.11. The normalized spacial score (nSPS) is 18.1. The number of ether oxygens (including phenoxy) is 1. The van der Waals surface area contributed by atoms with Crippen LogP contribution in [0.1, 0.15) is 6.92 Å². The maximum atomic E-state index is 4.77. The molecule has 0 saturated heterocycles. The predicted octanol–water partition coefficient (Wildman–Crippen LogP) is 0.949. The summed E-state index contributed by atoms with van der Waals surface area (Å²) in [5.41, 5.74) is 1.03. The van der Waals surface area contributed by atoms with Crippen molar-refractivity contribution in [3.8, 4) is 0 Å². The molecule has 0 bridgehead atoms. The van der Waals surface area contributed by atoms with E-state index < -0.39 is 0 Å². The van der Waals surface area contributed by atoms with Gasteiger partial charge in [0.1, 0.15) is 0 Å².